The third-order valence-corrected chi connectivity index (χ3v) is 2.46. The van der Waals surface area contributed by atoms with Gasteiger partial charge in [0.2, 0.25) is 0 Å². The third kappa shape index (κ3) is 6.28. The Bertz CT molecular complexity index is 177. The largest absolute Gasteiger partial charge is 0.276 e. The standard InChI is InChI=1S/C6H16N2O2S/c1-3-4-5-6-8-11(9,10)7-2/h7-8H,3-6H2,1-2H3. The number of hydrogen-bond acceptors (Lipinski definition) is 2. The van der Waals surface area contributed by atoms with E-state index in [1.165, 1.54) is 7.05 Å². The van der Waals surface area contributed by atoms with Crippen LogP contribution in [0.3, 0.4) is 0 Å². The zero-order valence-electron chi connectivity index (χ0n) is 7.05. The second-order valence-corrected chi connectivity index (χ2v) is 4.01. The van der Waals surface area contributed by atoms with Crippen molar-refractivity contribution in [2.45, 2.75) is 26.2 Å². The van der Waals surface area contributed by atoms with Gasteiger partial charge in [-0.1, -0.05) is 19.8 Å². The molecular weight excluding hydrogens is 164 g/mol. The summed E-state index contributed by atoms with van der Waals surface area (Å²) in [5.74, 6) is 0. The van der Waals surface area contributed by atoms with Crippen LogP contribution in [0.4, 0.5) is 0 Å². The predicted molar refractivity (Wildman–Crippen MR) is 45.5 cm³/mol. The van der Waals surface area contributed by atoms with Gasteiger partial charge in [0, 0.05) is 13.6 Å². The van der Waals surface area contributed by atoms with Gasteiger partial charge < -0.3 is 0 Å². The first-order chi connectivity index (χ1) is 5.12. The van der Waals surface area contributed by atoms with E-state index in [9.17, 15) is 8.42 Å². The van der Waals surface area contributed by atoms with E-state index in [2.05, 4.69) is 16.4 Å². The van der Waals surface area contributed by atoms with E-state index in [4.69, 9.17) is 0 Å². The SMILES string of the molecule is CCCCCNS(=O)(=O)NC. The molecule has 0 saturated heterocycles. The molecule has 0 radical (unpaired) electrons. The summed E-state index contributed by atoms with van der Waals surface area (Å²) >= 11 is 0. The number of rotatable bonds is 6. The highest BCUT2D eigenvalue weighted by Crippen LogP contribution is 1.91. The van der Waals surface area contributed by atoms with Gasteiger partial charge in [-0.2, -0.15) is 8.42 Å². The van der Waals surface area contributed by atoms with Crippen LogP contribution in [0.1, 0.15) is 26.2 Å². The van der Waals surface area contributed by atoms with Crippen LogP contribution in [-0.4, -0.2) is 22.0 Å². The van der Waals surface area contributed by atoms with Gasteiger partial charge in [0.15, 0.2) is 0 Å². The summed E-state index contributed by atoms with van der Waals surface area (Å²) in [7, 11) is -1.81. The molecule has 0 aliphatic heterocycles. The first kappa shape index (κ1) is 10.9. The van der Waals surface area contributed by atoms with Crippen molar-refractivity contribution in [3.63, 3.8) is 0 Å². The van der Waals surface area contributed by atoms with E-state index < -0.39 is 10.2 Å². The molecule has 0 heterocycles. The Morgan fingerprint density at radius 3 is 2.36 bits per heavy atom. The van der Waals surface area contributed by atoms with Crippen molar-refractivity contribution in [2.75, 3.05) is 13.6 Å². The van der Waals surface area contributed by atoms with Crippen LogP contribution in [0.5, 0.6) is 0 Å². The lowest BCUT2D eigenvalue weighted by atomic mass is 10.3. The van der Waals surface area contributed by atoms with Gasteiger partial charge in [0.1, 0.15) is 0 Å². The van der Waals surface area contributed by atoms with Crippen LogP contribution in [0.15, 0.2) is 0 Å². The number of unbranched alkanes of at least 4 members (excludes halogenated alkanes) is 2. The first-order valence-corrected chi connectivity index (χ1v) is 5.29. The van der Waals surface area contributed by atoms with Crippen LogP contribution in [0.25, 0.3) is 0 Å². The molecule has 0 aromatic carbocycles. The fourth-order valence-electron chi connectivity index (χ4n) is 0.654. The van der Waals surface area contributed by atoms with Crippen LogP contribution in [0, 0.1) is 0 Å². The molecule has 0 atom stereocenters. The molecule has 0 rings (SSSR count). The lowest BCUT2D eigenvalue weighted by Gasteiger charge is -2.02. The van der Waals surface area contributed by atoms with Gasteiger partial charge >= 0.3 is 0 Å². The molecule has 5 heteroatoms. The quantitative estimate of drug-likeness (QED) is 0.575. The molecule has 0 saturated carbocycles. The van der Waals surface area contributed by atoms with Crippen molar-refractivity contribution >= 4 is 10.2 Å². The van der Waals surface area contributed by atoms with Gasteiger partial charge in [0.25, 0.3) is 10.2 Å². The minimum absolute atomic E-state index is 0.525. The van der Waals surface area contributed by atoms with Crippen molar-refractivity contribution < 1.29 is 8.42 Å². The fraction of sp³-hybridized carbons (Fsp3) is 1.00. The van der Waals surface area contributed by atoms with E-state index in [1.54, 1.807) is 0 Å². The highest BCUT2D eigenvalue weighted by molar-refractivity contribution is 7.87. The molecule has 4 nitrogen and oxygen atoms in total. The molecule has 0 unspecified atom stereocenters. The van der Waals surface area contributed by atoms with Crippen LogP contribution < -0.4 is 9.44 Å². The molecular formula is C6H16N2O2S. The molecule has 0 fully saturated rings. The highest BCUT2D eigenvalue weighted by atomic mass is 32.2. The lowest BCUT2D eigenvalue weighted by molar-refractivity contribution is 0.568. The van der Waals surface area contributed by atoms with E-state index in [1.807, 2.05) is 0 Å². The number of nitrogens with one attached hydrogen (secondary N) is 2. The molecule has 0 spiro atoms. The average molecular weight is 180 g/mol. The minimum Gasteiger partial charge on any atom is -0.205 e. The van der Waals surface area contributed by atoms with Crippen LogP contribution in [-0.2, 0) is 10.2 Å². The average Bonchev–Trinajstić information content (AvgIpc) is 1.99. The zero-order chi connectivity index (χ0) is 8.74. The van der Waals surface area contributed by atoms with Crippen molar-refractivity contribution in [3.8, 4) is 0 Å². The summed E-state index contributed by atoms with van der Waals surface area (Å²) in [5.41, 5.74) is 0. The van der Waals surface area contributed by atoms with Crippen molar-refractivity contribution in [2.24, 2.45) is 0 Å². The molecule has 0 aromatic heterocycles. The van der Waals surface area contributed by atoms with Crippen molar-refractivity contribution in [1.82, 2.24) is 9.44 Å². The van der Waals surface area contributed by atoms with E-state index in [0.717, 1.165) is 19.3 Å². The maximum Gasteiger partial charge on any atom is 0.276 e. The van der Waals surface area contributed by atoms with E-state index in [-0.39, 0.29) is 0 Å². The topological polar surface area (TPSA) is 58.2 Å². The third-order valence-electron chi connectivity index (χ3n) is 1.34. The molecule has 0 bridgehead atoms. The smallest absolute Gasteiger partial charge is 0.205 e. The van der Waals surface area contributed by atoms with E-state index >= 15 is 0 Å². The fourth-order valence-corrected chi connectivity index (χ4v) is 1.21. The Balaban J connectivity index is 3.39. The summed E-state index contributed by atoms with van der Waals surface area (Å²) in [6.45, 7) is 2.60. The zero-order valence-corrected chi connectivity index (χ0v) is 7.87. The highest BCUT2D eigenvalue weighted by Gasteiger charge is 2.02. The van der Waals surface area contributed by atoms with Gasteiger partial charge in [-0.25, -0.2) is 9.44 Å². The summed E-state index contributed by atoms with van der Waals surface area (Å²) in [6.07, 6.45) is 3.06. The predicted octanol–water partition coefficient (Wildman–Crippen LogP) is 0.230. The molecule has 2 N–H and O–H groups in total. The maximum absolute atomic E-state index is 10.7. The van der Waals surface area contributed by atoms with Gasteiger partial charge in [0.05, 0.1) is 0 Å². The van der Waals surface area contributed by atoms with Gasteiger partial charge in [-0.3, -0.25) is 0 Å². The van der Waals surface area contributed by atoms with Crippen molar-refractivity contribution in [3.05, 3.63) is 0 Å². The molecule has 11 heavy (non-hydrogen) atoms. The minimum atomic E-state index is -3.20. The Hall–Kier alpha value is -0.130. The Morgan fingerprint density at radius 1 is 1.27 bits per heavy atom. The molecule has 0 amide bonds. The molecule has 68 valence electrons. The maximum atomic E-state index is 10.7. The van der Waals surface area contributed by atoms with Gasteiger partial charge in [-0.05, 0) is 6.42 Å². The normalized spacial score (nSPS) is 11.8. The van der Waals surface area contributed by atoms with Crippen LogP contribution in [0.2, 0.25) is 0 Å². The monoisotopic (exact) mass is 180 g/mol. The lowest BCUT2D eigenvalue weighted by Crippen LogP contribution is -2.34. The second-order valence-electron chi connectivity index (χ2n) is 2.31. The Labute approximate surface area is 68.6 Å². The number of hydrogen-bond donors (Lipinski definition) is 2. The summed E-state index contributed by atoms with van der Waals surface area (Å²) in [5, 5.41) is 0. The van der Waals surface area contributed by atoms with Gasteiger partial charge in [-0.15, -0.1) is 0 Å². The Morgan fingerprint density at radius 2 is 1.91 bits per heavy atom. The summed E-state index contributed by atoms with van der Waals surface area (Å²) < 4.78 is 26.1. The summed E-state index contributed by atoms with van der Waals surface area (Å²) in [4.78, 5) is 0. The molecule has 0 aliphatic carbocycles. The molecule has 0 aromatic rings. The van der Waals surface area contributed by atoms with Crippen molar-refractivity contribution in [1.29, 1.82) is 0 Å². The molecule has 0 aliphatic rings. The van der Waals surface area contributed by atoms with E-state index in [0.29, 0.717) is 6.54 Å². The first-order valence-electron chi connectivity index (χ1n) is 3.80. The van der Waals surface area contributed by atoms with Crippen LogP contribution >= 0.6 is 0 Å². The summed E-state index contributed by atoms with van der Waals surface area (Å²) in [6, 6.07) is 0. The Kier molecular flexibility index (Phi) is 5.45. The second kappa shape index (κ2) is 5.51.